The van der Waals surface area contributed by atoms with Gasteiger partial charge in [-0.3, -0.25) is 14.7 Å². The Labute approximate surface area is 193 Å². The Balaban J connectivity index is 1.41. The van der Waals surface area contributed by atoms with Crippen molar-refractivity contribution in [3.05, 3.63) is 35.9 Å². The highest BCUT2D eigenvalue weighted by Crippen LogP contribution is 2.20. The first-order chi connectivity index (χ1) is 15.5. The molecule has 3 rings (SSSR count). The van der Waals surface area contributed by atoms with E-state index in [1.54, 1.807) is 0 Å². The molecule has 0 aromatic heterocycles. The summed E-state index contributed by atoms with van der Waals surface area (Å²) in [6, 6.07) is 11.7. The van der Waals surface area contributed by atoms with Gasteiger partial charge < -0.3 is 21.3 Å². The van der Waals surface area contributed by atoms with Crippen molar-refractivity contribution in [2.24, 2.45) is 16.6 Å². The molecule has 4 N–H and O–H groups in total. The van der Waals surface area contributed by atoms with Gasteiger partial charge in [-0.05, 0) is 64.6 Å². The molecular weight excluding hydrogens is 400 g/mol. The number of likely N-dealkylation sites (tertiary alicyclic amines) is 2. The van der Waals surface area contributed by atoms with Crippen LogP contribution in [0.3, 0.4) is 0 Å². The highest BCUT2D eigenvalue weighted by Gasteiger charge is 2.26. The lowest BCUT2D eigenvalue weighted by atomic mass is 9.97. The fraction of sp³-hybridized carbons (Fsp3) is 0.680. The number of nitrogens with one attached hydrogen (secondary N) is 2. The molecule has 2 heterocycles. The lowest BCUT2D eigenvalue weighted by Gasteiger charge is -2.38. The van der Waals surface area contributed by atoms with Gasteiger partial charge in [0.2, 0.25) is 5.91 Å². The number of guanidine groups is 1. The molecule has 7 nitrogen and oxygen atoms in total. The van der Waals surface area contributed by atoms with Crippen LogP contribution in [-0.4, -0.2) is 73.0 Å². The van der Waals surface area contributed by atoms with Crippen molar-refractivity contribution in [1.82, 2.24) is 20.4 Å². The minimum atomic E-state index is -0.157. The fourth-order valence-corrected chi connectivity index (χ4v) is 4.89. The van der Waals surface area contributed by atoms with Crippen LogP contribution in [-0.2, 0) is 11.3 Å². The van der Waals surface area contributed by atoms with E-state index in [9.17, 15) is 4.79 Å². The maximum absolute atomic E-state index is 11.5. The van der Waals surface area contributed by atoms with Gasteiger partial charge in [0, 0.05) is 44.8 Å². The van der Waals surface area contributed by atoms with Crippen molar-refractivity contribution < 1.29 is 4.79 Å². The van der Waals surface area contributed by atoms with E-state index >= 15 is 0 Å². The largest absolute Gasteiger partial charge is 0.369 e. The Hall–Kier alpha value is -2.12. The summed E-state index contributed by atoms with van der Waals surface area (Å²) in [4.78, 5) is 21.2. The van der Waals surface area contributed by atoms with Crippen LogP contribution in [0.5, 0.6) is 0 Å². The van der Waals surface area contributed by atoms with Crippen LogP contribution in [0, 0.1) is 5.92 Å². The van der Waals surface area contributed by atoms with E-state index in [-0.39, 0.29) is 11.8 Å². The van der Waals surface area contributed by atoms with Gasteiger partial charge in [-0.2, -0.15) is 0 Å². The summed E-state index contributed by atoms with van der Waals surface area (Å²) in [5, 5.41) is 7.08. The van der Waals surface area contributed by atoms with Crippen molar-refractivity contribution in [3.8, 4) is 0 Å². The van der Waals surface area contributed by atoms with E-state index in [0.717, 1.165) is 83.9 Å². The van der Waals surface area contributed by atoms with Crippen LogP contribution in [0.15, 0.2) is 35.3 Å². The number of aliphatic imine (C=N–C) groups is 1. The monoisotopic (exact) mass is 442 g/mol. The fourth-order valence-electron chi connectivity index (χ4n) is 4.89. The second kappa shape index (κ2) is 12.8. The number of carbonyl (C=O) groups is 1. The third kappa shape index (κ3) is 7.78. The number of rotatable bonds is 9. The number of piperidine rings is 2. The molecule has 0 aliphatic carbocycles. The summed E-state index contributed by atoms with van der Waals surface area (Å²) in [7, 11) is 0. The quantitative estimate of drug-likeness (QED) is 0.310. The molecule has 1 aromatic rings. The van der Waals surface area contributed by atoms with Gasteiger partial charge >= 0.3 is 0 Å². The van der Waals surface area contributed by atoms with E-state index in [2.05, 4.69) is 64.6 Å². The number of hydrogen-bond acceptors (Lipinski definition) is 4. The zero-order valence-corrected chi connectivity index (χ0v) is 19.9. The molecule has 2 aliphatic rings. The van der Waals surface area contributed by atoms with Crippen LogP contribution in [0.4, 0.5) is 0 Å². The first kappa shape index (κ1) is 24.5. The van der Waals surface area contributed by atoms with Gasteiger partial charge in [-0.25, -0.2) is 0 Å². The number of hydrogen-bond donors (Lipinski definition) is 3. The molecular formula is C25H42N6O. The number of carbonyl (C=O) groups excluding carboxylic acids is 1. The molecule has 3 unspecified atom stereocenters. The third-order valence-corrected chi connectivity index (χ3v) is 6.74. The highest BCUT2D eigenvalue weighted by molar-refractivity contribution is 5.80. The summed E-state index contributed by atoms with van der Waals surface area (Å²) in [5.74, 6) is 0.784. The van der Waals surface area contributed by atoms with Gasteiger partial charge in [-0.1, -0.05) is 30.3 Å². The summed E-state index contributed by atoms with van der Waals surface area (Å²) >= 11 is 0. The zero-order chi connectivity index (χ0) is 22.8. The standard InChI is InChI=1S/C25H42N6O/c1-3-27-25(28-13-8-15-30-14-7-11-22(19-30)24(26)32)29-23-12-16-31(20(2)17-23)18-21-9-5-4-6-10-21/h4-6,9-10,20,22-23H,3,7-8,11-19H2,1-2H3,(H2,26,32)(H2,27,28,29). The van der Waals surface area contributed by atoms with Gasteiger partial charge in [0.1, 0.15) is 0 Å². The van der Waals surface area contributed by atoms with Crippen LogP contribution >= 0.6 is 0 Å². The van der Waals surface area contributed by atoms with Crippen molar-refractivity contribution in [2.75, 3.05) is 39.3 Å². The Bertz CT molecular complexity index is 724. The molecule has 1 aromatic carbocycles. The summed E-state index contributed by atoms with van der Waals surface area (Å²) in [6.07, 6.45) is 5.24. The Kier molecular flexibility index (Phi) is 9.81. The molecule has 2 aliphatic heterocycles. The van der Waals surface area contributed by atoms with E-state index in [4.69, 9.17) is 10.7 Å². The van der Waals surface area contributed by atoms with Crippen molar-refractivity contribution in [2.45, 2.75) is 64.6 Å². The Morgan fingerprint density at radius 3 is 2.75 bits per heavy atom. The van der Waals surface area contributed by atoms with Gasteiger partial charge in [0.05, 0.1) is 5.92 Å². The molecule has 178 valence electrons. The average molecular weight is 443 g/mol. The van der Waals surface area contributed by atoms with Crippen LogP contribution in [0.25, 0.3) is 0 Å². The smallest absolute Gasteiger partial charge is 0.221 e. The first-order valence-corrected chi connectivity index (χ1v) is 12.4. The molecule has 7 heteroatoms. The Morgan fingerprint density at radius 1 is 1.22 bits per heavy atom. The molecule has 32 heavy (non-hydrogen) atoms. The SMILES string of the molecule is CCNC(=NCCCN1CCCC(C(N)=O)C1)NC1CCN(Cc2ccccc2)C(C)C1. The van der Waals surface area contributed by atoms with Gasteiger partial charge in [-0.15, -0.1) is 0 Å². The summed E-state index contributed by atoms with van der Waals surface area (Å²) in [5.41, 5.74) is 6.88. The van der Waals surface area contributed by atoms with E-state index in [1.807, 2.05) is 0 Å². The average Bonchev–Trinajstić information content (AvgIpc) is 2.79. The normalized spacial score (nSPS) is 25.4. The van der Waals surface area contributed by atoms with Crippen molar-refractivity contribution in [1.29, 1.82) is 0 Å². The molecule has 0 spiro atoms. The molecule has 0 bridgehead atoms. The highest BCUT2D eigenvalue weighted by atomic mass is 16.1. The molecule has 0 saturated carbocycles. The van der Waals surface area contributed by atoms with Crippen LogP contribution in [0.2, 0.25) is 0 Å². The van der Waals surface area contributed by atoms with E-state index in [0.29, 0.717) is 12.1 Å². The zero-order valence-electron chi connectivity index (χ0n) is 19.9. The first-order valence-electron chi connectivity index (χ1n) is 12.4. The number of nitrogens with zero attached hydrogens (tertiary/aromatic N) is 3. The summed E-state index contributed by atoms with van der Waals surface area (Å²) in [6.45, 7) is 11.1. The predicted molar refractivity (Wildman–Crippen MR) is 131 cm³/mol. The lowest BCUT2D eigenvalue weighted by molar-refractivity contribution is -0.123. The van der Waals surface area contributed by atoms with Gasteiger partial charge in [0.15, 0.2) is 5.96 Å². The van der Waals surface area contributed by atoms with Crippen molar-refractivity contribution in [3.63, 3.8) is 0 Å². The minimum Gasteiger partial charge on any atom is -0.369 e. The Morgan fingerprint density at radius 2 is 2.03 bits per heavy atom. The third-order valence-electron chi connectivity index (χ3n) is 6.74. The van der Waals surface area contributed by atoms with Crippen LogP contribution < -0.4 is 16.4 Å². The molecule has 2 saturated heterocycles. The molecule has 0 radical (unpaired) electrons. The second-order valence-corrected chi connectivity index (χ2v) is 9.33. The number of benzene rings is 1. The van der Waals surface area contributed by atoms with Gasteiger partial charge in [0.25, 0.3) is 0 Å². The van der Waals surface area contributed by atoms with E-state index < -0.39 is 0 Å². The van der Waals surface area contributed by atoms with E-state index in [1.165, 1.54) is 5.56 Å². The summed E-state index contributed by atoms with van der Waals surface area (Å²) < 4.78 is 0. The number of primary amides is 1. The topological polar surface area (TPSA) is 86.0 Å². The number of amides is 1. The second-order valence-electron chi connectivity index (χ2n) is 9.33. The molecule has 3 atom stereocenters. The predicted octanol–water partition coefficient (Wildman–Crippen LogP) is 2.18. The van der Waals surface area contributed by atoms with Crippen LogP contribution in [0.1, 0.15) is 51.5 Å². The number of nitrogens with two attached hydrogens (primary N) is 1. The maximum Gasteiger partial charge on any atom is 0.221 e. The molecule has 1 amide bonds. The minimum absolute atomic E-state index is 0.0148. The maximum atomic E-state index is 11.5. The lowest BCUT2D eigenvalue weighted by Crippen LogP contribution is -2.51. The van der Waals surface area contributed by atoms with Crippen molar-refractivity contribution >= 4 is 11.9 Å². The molecule has 2 fully saturated rings.